The number of hydrogen-bond acceptors (Lipinski definition) is 6. The number of nitrogens with zero attached hydrogens (tertiary/aromatic N) is 2. The molecule has 0 unspecified atom stereocenters. The molecule has 2 aromatic carbocycles. The van der Waals surface area contributed by atoms with Crippen molar-refractivity contribution in [1.82, 2.24) is 15.2 Å². The summed E-state index contributed by atoms with van der Waals surface area (Å²) in [5.74, 6) is -1.73. The number of carbonyl (C=O) groups is 3. The molecule has 1 fully saturated rings. The minimum absolute atomic E-state index is 0.0324. The molecule has 0 spiro atoms. The number of aryl methyl sites for hydroxylation is 1. The Morgan fingerprint density at radius 1 is 1.07 bits per heavy atom. The minimum Gasteiger partial charge on any atom is -0.377 e. The number of anilines is 1. The molecule has 0 aliphatic carbocycles. The summed E-state index contributed by atoms with van der Waals surface area (Å²) in [4.78, 5) is 46.4. The van der Waals surface area contributed by atoms with Gasteiger partial charge in [0.1, 0.15) is 11.5 Å². The minimum atomic E-state index is -0.571. The number of carbonyl (C=O) groups excluding carboxylic acids is 3. The van der Waals surface area contributed by atoms with Crippen molar-refractivity contribution in [2.75, 3.05) is 18.5 Å². The van der Waals surface area contributed by atoms with Gasteiger partial charge in [-0.05, 0) is 88.4 Å². The van der Waals surface area contributed by atoms with Gasteiger partial charge < -0.3 is 26.0 Å². The number of hydrogen-bond donors (Lipinski definition) is 3. The van der Waals surface area contributed by atoms with Crippen molar-refractivity contribution in [2.45, 2.75) is 77.6 Å². The number of amides is 3. The van der Waals surface area contributed by atoms with E-state index in [0.717, 1.165) is 18.4 Å². The summed E-state index contributed by atoms with van der Waals surface area (Å²) in [6.45, 7) is 8.53. The summed E-state index contributed by atoms with van der Waals surface area (Å²) in [6.07, 6.45) is 2.55. The lowest BCUT2D eigenvalue weighted by Crippen LogP contribution is -2.50. The fourth-order valence-electron chi connectivity index (χ4n) is 5.54. The summed E-state index contributed by atoms with van der Waals surface area (Å²) in [6, 6.07) is 17.3. The zero-order chi connectivity index (χ0) is 32.5. The van der Waals surface area contributed by atoms with Crippen molar-refractivity contribution in [3.63, 3.8) is 0 Å². The number of aromatic nitrogens is 1. The molecule has 4 N–H and O–H groups in total. The highest BCUT2D eigenvalue weighted by Crippen LogP contribution is 2.22. The maximum Gasteiger partial charge on any atom is 0.272 e. The van der Waals surface area contributed by atoms with E-state index in [0.29, 0.717) is 42.9 Å². The van der Waals surface area contributed by atoms with Crippen LogP contribution < -0.4 is 16.4 Å². The highest BCUT2D eigenvalue weighted by Gasteiger charge is 2.31. The van der Waals surface area contributed by atoms with Crippen molar-refractivity contribution in [1.29, 1.82) is 0 Å². The SMILES string of the molecule is Cc1cc(C(=O)N[C@@H](Cc2ccccc2)[C@@H](N)C[C@@H](C)C(=O)Nc2ccc(F)cc2)cc(C(=O)N2CCC[C@@H]2COC(C)C)n1. The molecule has 2 heterocycles. The van der Waals surface area contributed by atoms with E-state index >= 15 is 0 Å². The predicted molar refractivity (Wildman–Crippen MR) is 172 cm³/mol. The third kappa shape index (κ3) is 9.67. The Labute approximate surface area is 264 Å². The van der Waals surface area contributed by atoms with E-state index in [1.54, 1.807) is 24.8 Å². The molecule has 9 nitrogen and oxygen atoms in total. The Morgan fingerprint density at radius 3 is 2.47 bits per heavy atom. The van der Waals surface area contributed by atoms with Gasteiger partial charge in [0.15, 0.2) is 0 Å². The zero-order valence-corrected chi connectivity index (χ0v) is 26.5. The lowest BCUT2D eigenvalue weighted by molar-refractivity contribution is -0.119. The molecule has 0 radical (unpaired) electrons. The van der Waals surface area contributed by atoms with Crippen LogP contribution in [-0.2, 0) is 16.0 Å². The lowest BCUT2D eigenvalue weighted by Gasteiger charge is -2.28. The number of benzene rings is 2. The fraction of sp³-hybridized carbons (Fsp3) is 0.429. The molecule has 240 valence electrons. The van der Waals surface area contributed by atoms with Crippen molar-refractivity contribution in [3.8, 4) is 0 Å². The predicted octanol–water partition coefficient (Wildman–Crippen LogP) is 4.89. The molecule has 1 aromatic heterocycles. The first-order chi connectivity index (χ1) is 21.5. The number of nitrogens with two attached hydrogens (primary N) is 1. The summed E-state index contributed by atoms with van der Waals surface area (Å²) >= 11 is 0. The average molecular weight is 618 g/mol. The third-order valence-corrected chi connectivity index (χ3v) is 8.01. The number of likely N-dealkylation sites (tertiary alicyclic amines) is 1. The molecule has 45 heavy (non-hydrogen) atoms. The van der Waals surface area contributed by atoms with Gasteiger partial charge in [-0.3, -0.25) is 14.4 Å². The molecule has 0 bridgehead atoms. The Kier molecular flexibility index (Phi) is 11.8. The Morgan fingerprint density at radius 2 is 1.78 bits per heavy atom. The molecule has 3 aromatic rings. The number of ether oxygens (including phenoxy) is 1. The van der Waals surface area contributed by atoms with Gasteiger partial charge in [0.05, 0.1) is 18.8 Å². The van der Waals surface area contributed by atoms with E-state index in [1.807, 2.05) is 44.2 Å². The number of nitrogens with one attached hydrogen (secondary N) is 2. The Hall–Kier alpha value is -4.15. The van der Waals surface area contributed by atoms with Gasteiger partial charge in [-0.2, -0.15) is 0 Å². The van der Waals surface area contributed by atoms with Crippen LogP contribution in [-0.4, -0.2) is 65.0 Å². The van der Waals surface area contributed by atoms with Crippen LogP contribution in [0.15, 0.2) is 66.7 Å². The van der Waals surface area contributed by atoms with Gasteiger partial charge in [-0.1, -0.05) is 37.3 Å². The Bertz CT molecular complexity index is 1450. The molecule has 1 aliphatic heterocycles. The number of pyridine rings is 1. The lowest BCUT2D eigenvalue weighted by atomic mass is 9.92. The first kappa shape index (κ1) is 33.7. The van der Waals surface area contributed by atoms with Crippen LogP contribution in [0.1, 0.15) is 72.1 Å². The first-order valence-electron chi connectivity index (χ1n) is 15.6. The third-order valence-electron chi connectivity index (χ3n) is 8.01. The van der Waals surface area contributed by atoms with Gasteiger partial charge in [-0.15, -0.1) is 0 Å². The van der Waals surface area contributed by atoms with Crippen molar-refractivity contribution < 1.29 is 23.5 Å². The zero-order valence-electron chi connectivity index (χ0n) is 26.5. The fourth-order valence-corrected chi connectivity index (χ4v) is 5.54. The standard InChI is InChI=1S/C35H44FN5O4/c1-22(2)45-21-29-11-8-16-41(29)35(44)32-20-26(18-24(4)38-32)34(43)40-31(19-25-9-6-5-7-10-25)30(37)17-23(3)33(42)39-28-14-12-27(36)13-15-28/h5-7,9-10,12-15,18,20,22-23,29-31H,8,11,16-17,19,21,37H2,1-4H3,(H,39,42)(H,40,43)/t23-,29-,30+,31+/m1/s1. The molecular weight excluding hydrogens is 573 g/mol. The second kappa shape index (κ2) is 15.7. The van der Waals surface area contributed by atoms with E-state index in [-0.39, 0.29) is 41.4 Å². The van der Waals surface area contributed by atoms with E-state index in [1.165, 1.54) is 30.3 Å². The maximum absolute atomic E-state index is 13.7. The van der Waals surface area contributed by atoms with E-state index < -0.39 is 18.0 Å². The van der Waals surface area contributed by atoms with Crippen LogP contribution in [0, 0.1) is 18.7 Å². The van der Waals surface area contributed by atoms with Gasteiger partial charge in [0, 0.05) is 41.5 Å². The summed E-state index contributed by atoms with van der Waals surface area (Å²) in [5.41, 5.74) is 9.22. The summed E-state index contributed by atoms with van der Waals surface area (Å²) < 4.78 is 19.1. The molecule has 0 saturated carbocycles. The first-order valence-corrected chi connectivity index (χ1v) is 15.6. The molecule has 1 saturated heterocycles. The number of rotatable bonds is 13. The van der Waals surface area contributed by atoms with Gasteiger partial charge in [0.25, 0.3) is 11.8 Å². The van der Waals surface area contributed by atoms with Crippen LogP contribution >= 0.6 is 0 Å². The smallest absolute Gasteiger partial charge is 0.272 e. The topological polar surface area (TPSA) is 127 Å². The van der Waals surface area contributed by atoms with Crippen LogP contribution in [0.2, 0.25) is 0 Å². The largest absolute Gasteiger partial charge is 0.377 e. The van der Waals surface area contributed by atoms with Crippen LogP contribution in [0.3, 0.4) is 0 Å². The molecule has 10 heteroatoms. The van der Waals surface area contributed by atoms with Gasteiger partial charge >= 0.3 is 0 Å². The quantitative estimate of drug-likeness (QED) is 0.251. The molecule has 4 atom stereocenters. The number of halogens is 1. The second-order valence-corrected chi connectivity index (χ2v) is 12.1. The van der Waals surface area contributed by atoms with E-state index in [2.05, 4.69) is 15.6 Å². The molecule has 4 rings (SSSR count). The van der Waals surface area contributed by atoms with Crippen LogP contribution in [0.5, 0.6) is 0 Å². The van der Waals surface area contributed by atoms with Crippen molar-refractivity contribution >= 4 is 23.4 Å². The summed E-state index contributed by atoms with van der Waals surface area (Å²) in [7, 11) is 0. The Balaban J connectivity index is 1.48. The molecule has 3 amide bonds. The van der Waals surface area contributed by atoms with Crippen LogP contribution in [0.4, 0.5) is 10.1 Å². The molecular formula is C35H44FN5O4. The van der Waals surface area contributed by atoms with Gasteiger partial charge in [-0.25, -0.2) is 9.37 Å². The monoisotopic (exact) mass is 617 g/mol. The van der Waals surface area contributed by atoms with E-state index in [4.69, 9.17) is 10.5 Å². The van der Waals surface area contributed by atoms with Crippen molar-refractivity contribution in [2.24, 2.45) is 11.7 Å². The average Bonchev–Trinajstić information content (AvgIpc) is 3.49. The highest BCUT2D eigenvalue weighted by molar-refractivity contribution is 5.99. The van der Waals surface area contributed by atoms with Crippen LogP contribution in [0.25, 0.3) is 0 Å². The van der Waals surface area contributed by atoms with E-state index in [9.17, 15) is 18.8 Å². The normalized spacial score (nSPS) is 16.7. The van der Waals surface area contributed by atoms with Crippen molar-refractivity contribution in [3.05, 3.63) is 95.1 Å². The highest BCUT2D eigenvalue weighted by atomic mass is 19.1. The van der Waals surface area contributed by atoms with Gasteiger partial charge in [0.2, 0.25) is 5.91 Å². The summed E-state index contributed by atoms with van der Waals surface area (Å²) in [5, 5.41) is 5.87. The molecule has 1 aliphatic rings. The second-order valence-electron chi connectivity index (χ2n) is 12.1. The maximum atomic E-state index is 13.7.